The number of hydrogen-bond donors (Lipinski definition) is 1. The first-order valence-corrected chi connectivity index (χ1v) is 7.16. The number of aryl methyl sites for hydroxylation is 1. The van der Waals surface area contributed by atoms with Crippen LogP contribution in [0.2, 0.25) is 0 Å². The molecule has 0 saturated carbocycles. The van der Waals surface area contributed by atoms with E-state index in [1.807, 2.05) is 6.92 Å². The predicted octanol–water partition coefficient (Wildman–Crippen LogP) is 0.493. The Hall–Kier alpha value is -1.89. The monoisotopic (exact) mass is 293 g/mol. The number of likely N-dealkylation sites (tertiary alicyclic amines) is 1. The highest BCUT2D eigenvalue weighted by molar-refractivity contribution is 5.92. The van der Waals surface area contributed by atoms with Crippen molar-refractivity contribution in [3.05, 3.63) is 17.5 Å². The maximum absolute atomic E-state index is 12.3. The fourth-order valence-corrected chi connectivity index (χ4v) is 3.04. The highest BCUT2D eigenvalue weighted by Crippen LogP contribution is 2.32. The third-order valence-electron chi connectivity index (χ3n) is 4.40. The molecule has 0 aliphatic carbocycles. The van der Waals surface area contributed by atoms with Crippen molar-refractivity contribution in [3.8, 4) is 0 Å². The molecular weight excluding hydrogens is 274 g/mol. The zero-order chi connectivity index (χ0) is 15.0. The topological polar surface area (TPSA) is 84.7 Å². The van der Waals surface area contributed by atoms with Crippen LogP contribution in [0.3, 0.4) is 0 Å². The van der Waals surface area contributed by atoms with Gasteiger partial charge in [-0.05, 0) is 26.7 Å². The summed E-state index contributed by atoms with van der Waals surface area (Å²) < 4.78 is 10.7. The van der Waals surface area contributed by atoms with Crippen LogP contribution in [0.25, 0.3) is 0 Å². The van der Waals surface area contributed by atoms with E-state index in [2.05, 4.69) is 10.5 Å². The molecule has 0 bridgehead atoms. The fourth-order valence-electron chi connectivity index (χ4n) is 3.04. The number of carbonyl (C=O) groups excluding carboxylic acids is 2. The molecule has 3 rings (SSSR count). The highest BCUT2D eigenvalue weighted by Gasteiger charge is 2.45. The second-order valence-electron chi connectivity index (χ2n) is 5.76. The van der Waals surface area contributed by atoms with Crippen molar-refractivity contribution < 1.29 is 18.8 Å². The number of carbonyl (C=O) groups is 2. The van der Waals surface area contributed by atoms with Gasteiger partial charge < -0.3 is 19.5 Å². The first-order valence-electron chi connectivity index (χ1n) is 7.16. The van der Waals surface area contributed by atoms with Gasteiger partial charge in [-0.25, -0.2) is 0 Å². The van der Waals surface area contributed by atoms with E-state index < -0.39 is 0 Å². The SMILES string of the molecule is Cc1cc(C(=O)N2CCC3(CC2)OCC(=O)N[C@@H]3C)no1. The summed E-state index contributed by atoms with van der Waals surface area (Å²) in [4.78, 5) is 25.4. The number of aromatic nitrogens is 1. The van der Waals surface area contributed by atoms with Crippen LogP contribution >= 0.6 is 0 Å². The molecule has 1 atom stereocenters. The summed E-state index contributed by atoms with van der Waals surface area (Å²) in [6.07, 6.45) is 1.41. The van der Waals surface area contributed by atoms with Crippen molar-refractivity contribution >= 4 is 11.8 Å². The molecule has 0 radical (unpaired) electrons. The van der Waals surface area contributed by atoms with Gasteiger partial charge in [-0.2, -0.15) is 0 Å². The van der Waals surface area contributed by atoms with Crippen LogP contribution in [0.5, 0.6) is 0 Å². The van der Waals surface area contributed by atoms with Gasteiger partial charge in [-0.15, -0.1) is 0 Å². The van der Waals surface area contributed by atoms with Crippen molar-refractivity contribution in [3.63, 3.8) is 0 Å². The van der Waals surface area contributed by atoms with E-state index in [1.165, 1.54) is 0 Å². The molecule has 1 spiro atoms. The summed E-state index contributed by atoms with van der Waals surface area (Å²) in [6.45, 7) is 4.99. The van der Waals surface area contributed by atoms with E-state index >= 15 is 0 Å². The quantitative estimate of drug-likeness (QED) is 0.814. The number of amides is 2. The normalized spacial score (nSPS) is 25.0. The van der Waals surface area contributed by atoms with Crippen LogP contribution in [-0.2, 0) is 9.53 Å². The van der Waals surface area contributed by atoms with Gasteiger partial charge in [0.2, 0.25) is 5.91 Å². The second-order valence-corrected chi connectivity index (χ2v) is 5.76. The van der Waals surface area contributed by atoms with E-state index in [4.69, 9.17) is 9.26 Å². The van der Waals surface area contributed by atoms with Crippen molar-refractivity contribution in [1.29, 1.82) is 0 Å². The molecule has 1 aromatic heterocycles. The van der Waals surface area contributed by atoms with Crippen LogP contribution in [0.1, 0.15) is 36.0 Å². The minimum Gasteiger partial charge on any atom is -0.363 e. The Balaban J connectivity index is 1.65. The molecule has 2 amide bonds. The van der Waals surface area contributed by atoms with Crippen molar-refractivity contribution in [2.45, 2.75) is 38.3 Å². The van der Waals surface area contributed by atoms with Crippen molar-refractivity contribution in [2.24, 2.45) is 0 Å². The molecule has 2 aliphatic heterocycles. The molecule has 2 fully saturated rings. The summed E-state index contributed by atoms with van der Waals surface area (Å²) in [5.74, 6) is 0.428. The first-order chi connectivity index (χ1) is 10.00. The lowest BCUT2D eigenvalue weighted by atomic mass is 9.83. The summed E-state index contributed by atoms with van der Waals surface area (Å²) >= 11 is 0. The van der Waals surface area contributed by atoms with E-state index in [0.717, 1.165) is 0 Å². The average molecular weight is 293 g/mol. The largest absolute Gasteiger partial charge is 0.363 e. The van der Waals surface area contributed by atoms with Gasteiger partial charge in [0.1, 0.15) is 12.4 Å². The van der Waals surface area contributed by atoms with Gasteiger partial charge >= 0.3 is 0 Å². The van der Waals surface area contributed by atoms with E-state index in [0.29, 0.717) is 37.4 Å². The number of ether oxygens (including phenoxy) is 1. The molecule has 7 heteroatoms. The molecule has 3 heterocycles. The summed E-state index contributed by atoms with van der Waals surface area (Å²) in [6, 6.07) is 1.61. The Kier molecular flexibility index (Phi) is 3.44. The van der Waals surface area contributed by atoms with Crippen LogP contribution in [0, 0.1) is 6.92 Å². The average Bonchev–Trinajstić information content (AvgIpc) is 2.90. The van der Waals surface area contributed by atoms with Crippen molar-refractivity contribution in [2.75, 3.05) is 19.7 Å². The van der Waals surface area contributed by atoms with Gasteiger partial charge in [0.15, 0.2) is 5.69 Å². The molecule has 1 N–H and O–H groups in total. The summed E-state index contributed by atoms with van der Waals surface area (Å²) in [5.41, 5.74) is -0.0147. The standard InChI is InChI=1S/C14H19N3O4/c1-9-7-11(16-21-9)13(19)17-5-3-14(4-6-17)10(2)15-12(18)8-20-14/h7,10H,3-6,8H2,1-2H3,(H,15,18)/t10-/m1/s1. The van der Waals surface area contributed by atoms with E-state index in [9.17, 15) is 9.59 Å². The van der Waals surface area contributed by atoms with Gasteiger partial charge in [-0.3, -0.25) is 9.59 Å². The van der Waals surface area contributed by atoms with Crippen molar-refractivity contribution in [1.82, 2.24) is 15.4 Å². The molecule has 2 aliphatic rings. The Labute approximate surface area is 122 Å². The van der Waals surface area contributed by atoms with Gasteiger partial charge in [0.25, 0.3) is 5.91 Å². The molecule has 1 aromatic rings. The Morgan fingerprint density at radius 2 is 2.19 bits per heavy atom. The van der Waals surface area contributed by atoms with Crippen LogP contribution < -0.4 is 5.32 Å². The van der Waals surface area contributed by atoms with Gasteiger partial charge in [-0.1, -0.05) is 5.16 Å². The third kappa shape index (κ3) is 2.53. The number of nitrogens with one attached hydrogen (secondary N) is 1. The predicted molar refractivity (Wildman–Crippen MR) is 72.7 cm³/mol. The fraction of sp³-hybridized carbons (Fsp3) is 0.643. The maximum atomic E-state index is 12.3. The van der Waals surface area contributed by atoms with E-state index in [1.54, 1.807) is 17.9 Å². The lowest BCUT2D eigenvalue weighted by molar-refractivity contribution is -0.158. The maximum Gasteiger partial charge on any atom is 0.276 e. The Bertz CT molecular complexity index is 560. The lowest BCUT2D eigenvalue weighted by Crippen LogP contribution is -2.63. The minimum absolute atomic E-state index is 0.0368. The second kappa shape index (κ2) is 5.14. The molecule has 0 aromatic carbocycles. The van der Waals surface area contributed by atoms with Crippen LogP contribution in [0.4, 0.5) is 0 Å². The molecule has 114 valence electrons. The summed E-state index contributed by atoms with van der Waals surface area (Å²) in [7, 11) is 0. The molecular formula is C14H19N3O4. The molecule has 7 nitrogen and oxygen atoms in total. The number of nitrogens with zero attached hydrogens (tertiary/aromatic N) is 2. The number of hydrogen-bond acceptors (Lipinski definition) is 5. The summed E-state index contributed by atoms with van der Waals surface area (Å²) in [5, 5.41) is 6.69. The molecule has 0 unspecified atom stereocenters. The third-order valence-corrected chi connectivity index (χ3v) is 4.40. The van der Waals surface area contributed by atoms with E-state index in [-0.39, 0.29) is 30.1 Å². The highest BCUT2D eigenvalue weighted by atomic mass is 16.5. The number of piperidine rings is 1. The van der Waals surface area contributed by atoms with Crippen LogP contribution in [-0.4, -0.2) is 53.2 Å². The first kappa shape index (κ1) is 14.1. The zero-order valence-corrected chi connectivity index (χ0v) is 12.2. The smallest absolute Gasteiger partial charge is 0.276 e. The van der Waals surface area contributed by atoms with Gasteiger partial charge in [0, 0.05) is 19.2 Å². The number of rotatable bonds is 1. The molecule has 2 saturated heterocycles. The van der Waals surface area contributed by atoms with Crippen LogP contribution in [0.15, 0.2) is 10.6 Å². The Morgan fingerprint density at radius 1 is 1.48 bits per heavy atom. The zero-order valence-electron chi connectivity index (χ0n) is 12.2. The molecule has 21 heavy (non-hydrogen) atoms. The minimum atomic E-state index is -0.357. The number of morpholine rings is 1. The lowest BCUT2D eigenvalue weighted by Gasteiger charge is -2.47. The Morgan fingerprint density at radius 3 is 2.76 bits per heavy atom. The van der Waals surface area contributed by atoms with Gasteiger partial charge in [0.05, 0.1) is 11.6 Å².